The molecule has 1 heterocycles. The highest BCUT2D eigenvalue weighted by molar-refractivity contribution is 5.42. The van der Waals surface area contributed by atoms with Crippen molar-refractivity contribution in [2.45, 2.75) is 25.9 Å². The highest BCUT2D eigenvalue weighted by Crippen LogP contribution is 2.31. The first-order valence-corrected chi connectivity index (χ1v) is 6.85. The van der Waals surface area contributed by atoms with Crippen molar-refractivity contribution in [1.29, 1.82) is 0 Å². The van der Waals surface area contributed by atoms with Gasteiger partial charge in [0.05, 0.1) is 6.61 Å². The van der Waals surface area contributed by atoms with Gasteiger partial charge in [-0.25, -0.2) is 4.39 Å². The molecule has 0 saturated heterocycles. The number of aliphatic hydroxyl groups excluding tert-OH is 1. The molecule has 2 nitrogen and oxygen atoms in total. The molecule has 20 heavy (non-hydrogen) atoms. The van der Waals surface area contributed by atoms with Crippen molar-refractivity contribution >= 4 is 0 Å². The second-order valence-electron chi connectivity index (χ2n) is 5.25. The Balaban J connectivity index is 1.95. The Bertz CT molecular complexity index is 637. The minimum atomic E-state index is -0.942. The van der Waals surface area contributed by atoms with Crippen molar-refractivity contribution in [3.8, 4) is 5.75 Å². The molecule has 1 N–H and O–H groups in total. The predicted octanol–water partition coefficient (Wildman–Crippen LogP) is 3.54. The van der Waals surface area contributed by atoms with E-state index in [-0.39, 0.29) is 5.82 Å². The van der Waals surface area contributed by atoms with Crippen molar-refractivity contribution in [3.05, 3.63) is 64.5 Å². The lowest BCUT2D eigenvalue weighted by atomic mass is 9.96. The summed E-state index contributed by atoms with van der Waals surface area (Å²) in [5.74, 6) is 0.503. The third kappa shape index (κ3) is 2.41. The van der Waals surface area contributed by atoms with Crippen LogP contribution in [0, 0.1) is 12.7 Å². The minimum Gasteiger partial charge on any atom is -0.493 e. The first-order chi connectivity index (χ1) is 9.65. The standard InChI is InChI=1S/C17H17FO2/c1-11-4-6-14(15(18)9-11)17(19)13-5-7-16-12(10-13)3-2-8-20-16/h4-7,9-10,17,19H,2-3,8H2,1H3. The SMILES string of the molecule is Cc1ccc(C(O)c2ccc3c(c2)CCCO3)c(F)c1. The van der Waals surface area contributed by atoms with E-state index in [0.29, 0.717) is 11.1 Å². The molecule has 1 atom stereocenters. The summed E-state index contributed by atoms with van der Waals surface area (Å²) in [6.07, 6.45) is 0.973. The molecule has 0 radical (unpaired) electrons. The van der Waals surface area contributed by atoms with Crippen LogP contribution in [0.5, 0.6) is 5.75 Å². The summed E-state index contributed by atoms with van der Waals surface area (Å²) in [5, 5.41) is 10.4. The van der Waals surface area contributed by atoms with Gasteiger partial charge in [-0.3, -0.25) is 0 Å². The van der Waals surface area contributed by atoms with Crippen LogP contribution in [-0.4, -0.2) is 11.7 Å². The van der Waals surface area contributed by atoms with Crippen LogP contribution >= 0.6 is 0 Å². The van der Waals surface area contributed by atoms with Gasteiger partial charge in [-0.1, -0.05) is 18.2 Å². The average molecular weight is 272 g/mol. The fourth-order valence-corrected chi connectivity index (χ4v) is 2.58. The maximum Gasteiger partial charge on any atom is 0.129 e. The zero-order valence-electron chi connectivity index (χ0n) is 11.4. The molecule has 0 saturated carbocycles. The van der Waals surface area contributed by atoms with Gasteiger partial charge in [0.1, 0.15) is 17.7 Å². The van der Waals surface area contributed by atoms with Crippen LogP contribution in [0.1, 0.15) is 34.8 Å². The molecular formula is C17H17FO2. The summed E-state index contributed by atoms with van der Waals surface area (Å²) in [6, 6.07) is 10.5. The van der Waals surface area contributed by atoms with Crippen LogP contribution in [0.25, 0.3) is 0 Å². The fraction of sp³-hybridized carbons (Fsp3) is 0.294. The molecule has 1 aliphatic heterocycles. The van der Waals surface area contributed by atoms with E-state index in [9.17, 15) is 9.50 Å². The molecule has 2 aromatic rings. The molecule has 104 valence electrons. The van der Waals surface area contributed by atoms with Gasteiger partial charge in [0.25, 0.3) is 0 Å². The van der Waals surface area contributed by atoms with E-state index < -0.39 is 6.10 Å². The molecule has 3 heteroatoms. The van der Waals surface area contributed by atoms with E-state index in [0.717, 1.165) is 36.3 Å². The molecule has 0 fully saturated rings. The number of rotatable bonds is 2. The zero-order valence-corrected chi connectivity index (χ0v) is 11.4. The summed E-state index contributed by atoms with van der Waals surface area (Å²) < 4.78 is 19.5. The summed E-state index contributed by atoms with van der Waals surface area (Å²) >= 11 is 0. The molecule has 0 aliphatic carbocycles. The van der Waals surface area contributed by atoms with Gasteiger partial charge in [0.15, 0.2) is 0 Å². The van der Waals surface area contributed by atoms with Gasteiger partial charge in [0, 0.05) is 5.56 Å². The van der Waals surface area contributed by atoms with Gasteiger partial charge in [-0.05, 0) is 54.7 Å². The van der Waals surface area contributed by atoms with Crippen molar-refractivity contribution in [1.82, 2.24) is 0 Å². The van der Waals surface area contributed by atoms with Crippen LogP contribution in [-0.2, 0) is 6.42 Å². The molecule has 0 amide bonds. The van der Waals surface area contributed by atoms with E-state index in [1.165, 1.54) is 6.07 Å². The highest BCUT2D eigenvalue weighted by atomic mass is 19.1. The van der Waals surface area contributed by atoms with Gasteiger partial charge in [-0.15, -0.1) is 0 Å². The molecule has 1 unspecified atom stereocenters. The zero-order chi connectivity index (χ0) is 14.1. The van der Waals surface area contributed by atoms with Crippen LogP contribution in [0.15, 0.2) is 36.4 Å². The summed E-state index contributed by atoms with van der Waals surface area (Å²) in [6.45, 7) is 2.57. The lowest BCUT2D eigenvalue weighted by molar-refractivity contribution is 0.214. The molecule has 3 rings (SSSR count). The lowest BCUT2D eigenvalue weighted by Gasteiger charge is -2.20. The summed E-state index contributed by atoms with van der Waals surface area (Å²) in [4.78, 5) is 0. The topological polar surface area (TPSA) is 29.5 Å². The molecule has 0 aromatic heterocycles. The van der Waals surface area contributed by atoms with Crippen LogP contribution in [0.4, 0.5) is 4.39 Å². The first-order valence-electron chi connectivity index (χ1n) is 6.85. The summed E-state index contributed by atoms with van der Waals surface area (Å²) in [7, 11) is 0. The number of fused-ring (bicyclic) bond motifs is 1. The Kier molecular flexibility index (Phi) is 3.45. The molecule has 0 spiro atoms. The highest BCUT2D eigenvalue weighted by Gasteiger charge is 2.18. The maximum absolute atomic E-state index is 13.9. The number of benzene rings is 2. The second-order valence-corrected chi connectivity index (χ2v) is 5.25. The Labute approximate surface area is 117 Å². The number of aliphatic hydroxyl groups is 1. The number of ether oxygens (including phenoxy) is 1. The fourth-order valence-electron chi connectivity index (χ4n) is 2.58. The predicted molar refractivity (Wildman–Crippen MR) is 75.5 cm³/mol. The number of hydrogen-bond donors (Lipinski definition) is 1. The van der Waals surface area contributed by atoms with Crippen molar-refractivity contribution in [3.63, 3.8) is 0 Å². The van der Waals surface area contributed by atoms with Crippen LogP contribution in [0.3, 0.4) is 0 Å². The third-order valence-corrected chi connectivity index (χ3v) is 3.70. The van der Waals surface area contributed by atoms with Crippen LogP contribution in [0.2, 0.25) is 0 Å². The van der Waals surface area contributed by atoms with Gasteiger partial charge < -0.3 is 9.84 Å². The van der Waals surface area contributed by atoms with Gasteiger partial charge in [-0.2, -0.15) is 0 Å². The van der Waals surface area contributed by atoms with E-state index in [2.05, 4.69) is 0 Å². The third-order valence-electron chi connectivity index (χ3n) is 3.70. The van der Waals surface area contributed by atoms with Crippen LogP contribution < -0.4 is 4.74 Å². The monoisotopic (exact) mass is 272 g/mol. The molecular weight excluding hydrogens is 255 g/mol. The smallest absolute Gasteiger partial charge is 0.129 e. The van der Waals surface area contributed by atoms with Gasteiger partial charge in [0.2, 0.25) is 0 Å². The second kappa shape index (κ2) is 5.25. The van der Waals surface area contributed by atoms with E-state index in [1.807, 2.05) is 25.1 Å². The van der Waals surface area contributed by atoms with Gasteiger partial charge >= 0.3 is 0 Å². The van der Waals surface area contributed by atoms with Crippen molar-refractivity contribution in [2.24, 2.45) is 0 Å². The minimum absolute atomic E-state index is 0.312. The largest absolute Gasteiger partial charge is 0.493 e. The quantitative estimate of drug-likeness (QED) is 0.906. The Morgan fingerprint density at radius 3 is 2.85 bits per heavy atom. The molecule has 1 aliphatic rings. The summed E-state index contributed by atoms with van der Waals surface area (Å²) in [5.41, 5.74) is 2.95. The normalized spacial score (nSPS) is 15.3. The molecule has 2 aromatic carbocycles. The Morgan fingerprint density at radius 1 is 1.20 bits per heavy atom. The molecule has 0 bridgehead atoms. The van der Waals surface area contributed by atoms with E-state index >= 15 is 0 Å². The maximum atomic E-state index is 13.9. The van der Waals surface area contributed by atoms with Crippen molar-refractivity contribution < 1.29 is 14.2 Å². The Morgan fingerprint density at radius 2 is 2.05 bits per heavy atom. The lowest BCUT2D eigenvalue weighted by Crippen LogP contribution is -2.10. The number of aryl methyl sites for hydroxylation is 2. The van der Waals surface area contributed by atoms with E-state index in [1.54, 1.807) is 12.1 Å². The van der Waals surface area contributed by atoms with Crippen molar-refractivity contribution in [2.75, 3.05) is 6.61 Å². The number of halogens is 1. The average Bonchev–Trinajstić information content (AvgIpc) is 2.46. The Hall–Kier alpha value is -1.87. The number of hydrogen-bond acceptors (Lipinski definition) is 2. The first kappa shape index (κ1) is 13.1. The van der Waals surface area contributed by atoms with E-state index in [4.69, 9.17) is 4.74 Å².